The first-order valence-electron chi connectivity index (χ1n) is 2.93. The maximum absolute atomic E-state index is 12.8. The van der Waals surface area contributed by atoms with E-state index in [1.165, 1.54) is 6.07 Å². The molecule has 4 heteroatoms. The number of rotatable bonds is 0. The molecular formula is C7H6Br2FN. The second-order valence-electron chi connectivity index (χ2n) is 2.19. The van der Waals surface area contributed by atoms with Crippen LogP contribution in [0.25, 0.3) is 0 Å². The highest BCUT2D eigenvalue weighted by molar-refractivity contribution is 9.11. The summed E-state index contributed by atoms with van der Waals surface area (Å²) in [6, 6.07) is 1.36. The number of nitrogen functional groups attached to an aromatic ring is 1. The first-order valence-corrected chi connectivity index (χ1v) is 4.52. The van der Waals surface area contributed by atoms with E-state index in [4.69, 9.17) is 5.73 Å². The van der Waals surface area contributed by atoms with E-state index in [2.05, 4.69) is 31.9 Å². The zero-order valence-electron chi connectivity index (χ0n) is 5.79. The molecule has 0 aromatic heterocycles. The lowest BCUT2D eigenvalue weighted by Crippen LogP contribution is -1.94. The third-order valence-electron chi connectivity index (χ3n) is 1.43. The molecule has 0 unspecified atom stereocenters. The summed E-state index contributed by atoms with van der Waals surface area (Å²) in [6.07, 6.45) is 0. The molecule has 0 amide bonds. The summed E-state index contributed by atoms with van der Waals surface area (Å²) in [4.78, 5) is 0. The summed E-state index contributed by atoms with van der Waals surface area (Å²) in [5.41, 5.74) is 6.47. The summed E-state index contributed by atoms with van der Waals surface area (Å²) < 4.78 is 14.2. The van der Waals surface area contributed by atoms with Crippen LogP contribution in [0.1, 0.15) is 5.56 Å². The first kappa shape index (κ1) is 9.00. The molecular weight excluding hydrogens is 277 g/mol. The Morgan fingerprint density at radius 3 is 2.55 bits per heavy atom. The van der Waals surface area contributed by atoms with Crippen LogP contribution in [-0.4, -0.2) is 0 Å². The van der Waals surface area contributed by atoms with Crippen molar-refractivity contribution in [3.8, 4) is 0 Å². The minimum atomic E-state index is -0.408. The van der Waals surface area contributed by atoms with Crippen LogP contribution in [0.5, 0.6) is 0 Å². The van der Waals surface area contributed by atoms with Gasteiger partial charge >= 0.3 is 0 Å². The molecule has 11 heavy (non-hydrogen) atoms. The molecule has 0 atom stereocenters. The molecule has 0 saturated carbocycles. The maximum Gasteiger partial charge on any atom is 0.148 e. The minimum Gasteiger partial charge on any atom is -0.395 e. The Balaban J connectivity index is 3.46. The van der Waals surface area contributed by atoms with Crippen molar-refractivity contribution in [1.82, 2.24) is 0 Å². The van der Waals surface area contributed by atoms with Crippen LogP contribution < -0.4 is 5.73 Å². The fraction of sp³-hybridized carbons (Fsp3) is 0.143. The zero-order chi connectivity index (χ0) is 8.59. The number of hydrogen-bond donors (Lipinski definition) is 1. The second kappa shape index (κ2) is 3.11. The monoisotopic (exact) mass is 281 g/mol. The van der Waals surface area contributed by atoms with E-state index >= 15 is 0 Å². The van der Waals surface area contributed by atoms with Gasteiger partial charge in [-0.25, -0.2) is 4.39 Å². The smallest absolute Gasteiger partial charge is 0.148 e. The van der Waals surface area contributed by atoms with Gasteiger partial charge in [0, 0.05) is 8.95 Å². The van der Waals surface area contributed by atoms with Gasteiger partial charge in [0.2, 0.25) is 0 Å². The third kappa shape index (κ3) is 1.56. The third-order valence-corrected chi connectivity index (χ3v) is 3.28. The summed E-state index contributed by atoms with van der Waals surface area (Å²) in [5, 5.41) is 0. The molecule has 1 rings (SSSR count). The fourth-order valence-electron chi connectivity index (χ4n) is 0.709. The minimum absolute atomic E-state index is 0.158. The van der Waals surface area contributed by atoms with E-state index in [1.807, 2.05) is 6.92 Å². The van der Waals surface area contributed by atoms with E-state index < -0.39 is 5.82 Å². The van der Waals surface area contributed by atoms with Gasteiger partial charge in [-0.2, -0.15) is 0 Å². The molecule has 1 aromatic carbocycles. The largest absolute Gasteiger partial charge is 0.395 e. The SMILES string of the molecule is Cc1c(Br)cc(F)c(N)c1Br. The number of halogens is 3. The topological polar surface area (TPSA) is 26.0 Å². The summed E-state index contributed by atoms with van der Waals surface area (Å²) in [5.74, 6) is -0.408. The highest BCUT2D eigenvalue weighted by Gasteiger charge is 2.08. The Morgan fingerprint density at radius 1 is 1.45 bits per heavy atom. The van der Waals surface area contributed by atoms with E-state index in [-0.39, 0.29) is 5.69 Å². The molecule has 60 valence electrons. The molecule has 1 nitrogen and oxygen atoms in total. The lowest BCUT2D eigenvalue weighted by Gasteiger charge is -2.05. The highest BCUT2D eigenvalue weighted by atomic mass is 79.9. The molecule has 0 radical (unpaired) electrons. The van der Waals surface area contributed by atoms with Crippen LogP contribution >= 0.6 is 31.9 Å². The lowest BCUT2D eigenvalue weighted by molar-refractivity contribution is 0.630. The van der Waals surface area contributed by atoms with E-state index in [9.17, 15) is 4.39 Å². The molecule has 0 spiro atoms. The van der Waals surface area contributed by atoms with Crippen molar-refractivity contribution in [2.45, 2.75) is 6.92 Å². The Hall–Kier alpha value is -0.0900. The van der Waals surface area contributed by atoms with Gasteiger partial charge in [0.25, 0.3) is 0 Å². The number of benzene rings is 1. The van der Waals surface area contributed by atoms with Gasteiger partial charge in [-0.05, 0) is 34.5 Å². The second-order valence-corrected chi connectivity index (χ2v) is 3.84. The van der Waals surface area contributed by atoms with Gasteiger partial charge < -0.3 is 5.73 Å². The Bertz CT molecular complexity index is 273. The average molecular weight is 283 g/mol. The molecule has 2 N–H and O–H groups in total. The Labute approximate surface area is 81.0 Å². The zero-order valence-corrected chi connectivity index (χ0v) is 8.96. The van der Waals surface area contributed by atoms with Crippen molar-refractivity contribution in [3.63, 3.8) is 0 Å². The predicted octanol–water partition coefficient (Wildman–Crippen LogP) is 3.24. The molecule has 0 aliphatic heterocycles. The van der Waals surface area contributed by atoms with E-state index in [0.717, 1.165) is 10.0 Å². The molecule has 0 aliphatic carbocycles. The van der Waals surface area contributed by atoms with Crippen LogP contribution in [-0.2, 0) is 0 Å². The Morgan fingerprint density at radius 2 is 2.00 bits per heavy atom. The van der Waals surface area contributed by atoms with Gasteiger partial charge in [0.1, 0.15) is 5.82 Å². The van der Waals surface area contributed by atoms with Crippen LogP contribution in [0.15, 0.2) is 15.0 Å². The van der Waals surface area contributed by atoms with Gasteiger partial charge in [0.05, 0.1) is 5.69 Å². The number of anilines is 1. The van der Waals surface area contributed by atoms with Crippen molar-refractivity contribution in [2.75, 3.05) is 5.73 Å². The van der Waals surface area contributed by atoms with Crippen LogP contribution in [0.4, 0.5) is 10.1 Å². The van der Waals surface area contributed by atoms with E-state index in [0.29, 0.717) is 4.47 Å². The molecule has 0 aliphatic rings. The van der Waals surface area contributed by atoms with Crippen LogP contribution in [0.2, 0.25) is 0 Å². The number of hydrogen-bond acceptors (Lipinski definition) is 1. The van der Waals surface area contributed by atoms with Crippen molar-refractivity contribution < 1.29 is 4.39 Å². The summed E-state index contributed by atoms with van der Waals surface area (Å²) >= 11 is 6.39. The molecule has 0 saturated heterocycles. The van der Waals surface area contributed by atoms with Crippen LogP contribution in [0, 0.1) is 12.7 Å². The highest BCUT2D eigenvalue weighted by Crippen LogP contribution is 2.31. The van der Waals surface area contributed by atoms with Crippen molar-refractivity contribution in [2.24, 2.45) is 0 Å². The standard InChI is InChI=1S/C7H6Br2FN/c1-3-4(8)2-5(10)7(11)6(3)9/h2H,11H2,1H3. The normalized spacial score (nSPS) is 10.2. The van der Waals surface area contributed by atoms with Crippen LogP contribution in [0.3, 0.4) is 0 Å². The van der Waals surface area contributed by atoms with Gasteiger partial charge in [-0.1, -0.05) is 15.9 Å². The first-order chi connectivity index (χ1) is 5.04. The molecule has 0 bridgehead atoms. The Kier molecular flexibility index (Phi) is 2.54. The van der Waals surface area contributed by atoms with Gasteiger partial charge in [0.15, 0.2) is 0 Å². The molecule has 0 fully saturated rings. The summed E-state index contributed by atoms with van der Waals surface area (Å²) in [6.45, 7) is 1.85. The van der Waals surface area contributed by atoms with Crippen molar-refractivity contribution in [3.05, 3.63) is 26.4 Å². The van der Waals surface area contributed by atoms with E-state index in [1.54, 1.807) is 0 Å². The summed E-state index contributed by atoms with van der Waals surface area (Å²) in [7, 11) is 0. The van der Waals surface area contributed by atoms with Gasteiger partial charge in [-0.3, -0.25) is 0 Å². The van der Waals surface area contributed by atoms with Crippen molar-refractivity contribution >= 4 is 37.5 Å². The quantitative estimate of drug-likeness (QED) is 0.727. The fourth-order valence-corrected chi connectivity index (χ4v) is 1.78. The number of nitrogens with two attached hydrogens (primary N) is 1. The molecule has 1 aromatic rings. The maximum atomic E-state index is 12.8. The lowest BCUT2D eigenvalue weighted by atomic mass is 10.2. The molecule has 0 heterocycles. The van der Waals surface area contributed by atoms with Crippen molar-refractivity contribution in [1.29, 1.82) is 0 Å². The predicted molar refractivity (Wildman–Crippen MR) is 50.9 cm³/mol. The van der Waals surface area contributed by atoms with Gasteiger partial charge in [-0.15, -0.1) is 0 Å². The average Bonchev–Trinajstić information content (AvgIpc) is 1.97.